The SMILES string of the molecule is c1ccc(-c2nc(-c3ccccc3)nc(-c3cccc(-c4ccc(-c5cc(-c6ccccn6)cc(-c6ccccn6)c5)c5ccccc45)c3)n2)cc1. The van der Waals surface area contributed by atoms with Gasteiger partial charge in [0.2, 0.25) is 0 Å². The molecule has 0 bridgehead atoms. The summed E-state index contributed by atoms with van der Waals surface area (Å²) >= 11 is 0. The Labute approximate surface area is 302 Å². The zero-order valence-electron chi connectivity index (χ0n) is 28.1. The first-order valence-corrected chi connectivity index (χ1v) is 17.2. The number of pyridine rings is 2. The molecule has 0 amide bonds. The molecule has 0 saturated heterocycles. The van der Waals surface area contributed by atoms with Crippen molar-refractivity contribution in [1.29, 1.82) is 0 Å². The Kier molecular flexibility index (Phi) is 8.12. The summed E-state index contributed by atoms with van der Waals surface area (Å²) in [6.45, 7) is 0. The molecule has 5 heteroatoms. The molecule has 9 rings (SSSR count). The van der Waals surface area contributed by atoms with Crippen molar-refractivity contribution in [2.75, 3.05) is 0 Å². The van der Waals surface area contributed by atoms with E-state index in [2.05, 4.69) is 88.8 Å². The minimum absolute atomic E-state index is 0.629. The maximum Gasteiger partial charge on any atom is 0.164 e. The normalized spacial score (nSPS) is 11.1. The van der Waals surface area contributed by atoms with Crippen molar-refractivity contribution in [3.8, 4) is 78.9 Å². The molecule has 0 unspecified atom stereocenters. The monoisotopic (exact) mass is 665 g/mol. The number of fused-ring (bicyclic) bond motifs is 1. The molecule has 0 aliphatic rings. The van der Waals surface area contributed by atoms with E-state index in [0.29, 0.717) is 17.5 Å². The average Bonchev–Trinajstić information content (AvgIpc) is 3.24. The Morgan fingerprint density at radius 3 is 1.19 bits per heavy atom. The van der Waals surface area contributed by atoms with Crippen molar-refractivity contribution in [2.45, 2.75) is 0 Å². The number of rotatable bonds is 7. The van der Waals surface area contributed by atoms with Crippen LogP contribution in [0, 0.1) is 0 Å². The summed E-state index contributed by atoms with van der Waals surface area (Å²) in [7, 11) is 0. The maximum atomic E-state index is 4.98. The van der Waals surface area contributed by atoms with Gasteiger partial charge in [0.05, 0.1) is 11.4 Å². The summed E-state index contributed by atoms with van der Waals surface area (Å²) in [5.74, 6) is 1.91. The second kappa shape index (κ2) is 13.7. The van der Waals surface area contributed by atoms with Gasteiger partial charge in [0, 0.05) is 40.2 Å². The predicted octanol–water partition coefficient (Wildman–Crippen LogP) is 11.5. The van der Waals surface area contributed by atoms with Crippen molar-refractivity contribution >= 4 is 10.8 Å². The van der Waals surface area contributed by atoms with Crippen molar-refractivity contribution in [3.63, 3.8) is 0 Å². The van der Waals surface area contributed by atoms with Crippen LogP contribution in [0.1, 0.15) is 0 Å². The summed E-state index contributed by atoms with van der Waals surface area (Å²) in [5.41, 5.74) is 11.2. The first-order valence-electron chi connectivity index (χ1n) is 17.2. The van der Waals surface area contributed by atoms with Crippen molar-refractivity contribution in [3.05, 3.63) is 188 Å². The van der Waals surface area contributed by atoms with Crippen LogP contribution >= 0.6 is 0 Å². The van der Waals surface area contributed by atoms with Crippen LogP contribution in [-0.2, 0) is 0 Å². The molecule has 0 N–H and O–H groups in total. The fourth-order valence-electron chi connectivity index (χ4n) is 6.71. The minimum atomic E-state index is 0.629. The van der Waals surface area contributed by atoms with E-state index in [1.54, 1.807) is 0 Å². The summed E-state index contributed by atoms with van der Waals surface area (Å²) in [4.78, 5) is 24.2. The molecule has 5 nitrogen and oxygen atoms in total. The molecule has 0 spiro atoms. The molecule has 0 aliphatic heterocycles. The van der Waals surface area contributed by atoms with E-state index in [0.717, 1.165) is 72.2 Å². The second-order valence-electron chi connectivity index (χ2n) is 12.6. The smallest absolute Gasteiger partial charge is 0.164 e. The molecule has 0 fully saturated rings. The summed E-state index contributed by atoms with van der Waals surface area (Å²) < 4.78 is 0. The summed E-state index contributed by atoms with van der Waals surface area (Å²) in [5, 5.41) is 2.32. The van der Waals surface area contributed by atoms with Gasteiger partial charge < -0.3 is 0 Å². The first-order chi connectivity index (χ1) is 25.8. The van der Waals surface area contributed by atoms with E-state index >= 15 is 0 Å². The Morgan fingerprint density at radius 2 is 0.673 bits per heavy atom. The van der Waals surface area contributed by atoms with E-state index in [9.17, 15) is 0 Å². The van der Waals surface area contributed by atoms with Crippen molar-refractivity contribution < 1.29 is 0 Å². The minimum Gasteiger partial charge on any atom is -0.256 e. The summed E-state index contributed by atoms with van der Waals surface area (Å²) in [6, 6.07) is 60.4. The van der Waals surface area contributed by atoms with E-state index in [1.807, 2.05) is 109 Å². The second-order valence-corrected chi connectivity index (χ2v) is 12.6. The Balaban J connectivity index is 1.17. The lowest BCUT2D eigenvalue weighted by Gasteiger charge is -2.15. The van der Waals surface area contributed by atoms with Gasteiger partial charge in [-0.2, -0.15) is 0 Å². The molecule has 6 aromatic carbocycles. The Bertz CT molecular complexity index is 2550. The molecular weight excluding hydrogens is 635 g/mol. The summed E-state index contributed by atoms with van der Waals surface area (Å²) in [6.07, 6.45) is 3.67. The van der Waals surface area contributed by atoms with Gasteiger partial charge >= 0.3 is 0 Å². The number of aromatic nitrogens is 5. The van der Waals surface area contributed by atoms with Gasteiger partial charge in [0.15, 0.2) is 17.5 Å². The third kappa shape index (κ3) is 6.12. The molecule has 244 valence electrons. The fourth-order valence-corrected chi connectivity index (χ4v) is 6.71. The standard InChI is InChI=1S/C47H31N5/c1-3-14-32(15-4-1)45-50-46(33-16-5-2-6-17-33)52-47(51-45)35-19-13-18-34(28-35)39-24-25-40(42-21-8-7-20-41(39)42)36-29-37(43-22-9-11-26-48-43)31-38(30-36)44-23-10-12-27-49-44/h1-31H. The van der Waals surface area contributed by atoms with Gasteiger partial charge in [-0.1, -0.05) is 127 Å². The van der Waals surface area contributed by atoms with Crippen molar-refractivity contribution in [2.24, 2.45) is 0 Å². The van der Waals surface area contributed by atoms with Gasteiger partial charge in [-0.3, -0.25) is 9.97 Å². The molecule has 0 saturated carbocycles. The number of benzene rings is 6. The quantitative estimate of drug-likeness (QED) is 0.169. The fraction of sp³-hybridized carbons (Fsp3) is 0. The van der Waals surface area contributed by atoms with Gasteiger partial charge in [0.25, 0.3) is 0 Å². The van der Waals surface area contributed by atoms with Crippen LogP contribution in [0.2, 0.25) is 0 Å². The Morgan fingerprint density at radius 1 is 0.269 bits per heavy atom. The predicted molar refractivity (Wildman–Crippen MR) is 211 cm³/mol. The van der Waals surface area contributed by atoms with Crippen LogP contribution in [0.5, 0.6) is 0 Å². The van der Waals surface area contributed by atoms with Crippen LogP contribution in [0.25, 0.3) is 89.7 Å². The highest BCUT2D eigenvalue weighted by Gasteiger charge is 2.16. The van der Waals surface area contributed by atoms with Gasteiger partial charge in [-0.05, 0) is 81.6 Å². The van der Waals surface area contributed by atoms with Gasteiger partial charge in [-0.25, -0.2) is 15.0 Å². The lowest BCUT2D eigenvalue weighted by molar-refractivity contribution is 1.07. The van der Waals surface area contributed by atoms with E-state index in [1.165, 1.54) is 0 Å². The van der Waals surface area contributed by atoms with Gasteiger partial charge in [0.1, 0.15) is 0 Å². The van der Waals surface area contributed by atoms with Gasteiger partial charge in [-0.15, -0.1) is 0 Å². The van der Waals surface area contributed by atoms with E-state index in [4.69, 9.17) is 15.0 Å². The Hall–Kier alpha value is -7.11. The molecule has 9 aromatic rings. The number of hydrogen-bond acceptors (Lipinski definition) is 5. The third-order valence-electron chi connectivity index (χ3n) is 9.22. The van der Waals surface area contributed by atoms with Crippen LogP contribution in [0.3, 0.4) is 0 Å². The molecule has 0 radical (unpaired) electrons. The number of nitrogens with zero attached hydrogens (tertiary/aromatic N) is 5. The molecular formula is C47H31N5. The molecule has 0 aliphatic carbocycles. The largest absolute Gasteiger partial charge is 0.256 e. The van der Waals surface area contributed by atoms with E-state index < -0.39 is 0 Å². The van der Waals surface area contributed by atoms with Crippen LogP contribution in [0.4, 0.5) is 0 Å². The van der Waals surface area contributed by atoms with Crippen LogP contribution in [-0.4, -0.2) is 24.9 Å². The first kappa shape index (κ1) is 30.9. The zero-order chi connectivity index (χ0) is 34.7. The maximum absolute atomic E-state index is 4.98. The van der Waals surface area contributed by atoms with Crippen LogP contribution in [0.15, 0.2) is 188 Å². The van der Waals surface area contributed by atoms with Crippen molar-refractivity contribution in [1.82, 2.24) is 24.9 Å². The lowest BCUT2D eigenvalue weighted by atomic mass is 9.89. The average molecular weight is 666 g/mol. The third-order valence-corrected chi connectivity index (χ3v) is 9.22. The topological polar surface area (TPSA) is 64.5 Å². The van der Waals surface area contributed by atoms with Crippen LogP contribution < -0.4 is 0 Å². The molecule has 52 heavy (non-hydrogen) atoms. The molecule has 3 aromatic heterocycles. The highest BCUT2D eigenvalue weighted by Crippen LogP contribution is 2.39. The number of hydrogen-bond donors (Lipinski definition) is 0. The lowest BCUT2D eigenvalue weighted by Crippen LogP contribution is -2.00. The highest BCUT2D eigenvalue weighted by atomic mass is 15.0. The van der Waals surface area contributed by atoms with E-state index in [-0.39, 0.29) is 0 Å². The molecule has 0 atom stereocenters. The zero-order valence-corrected chi connectivity index (χ0v) is 28.1. The highest BCUT2D eigenvalue weighted by molar-refractivity contribution is 6.05. The molecule has 3 heterocycles.